The van der Waals surface area contributed by atoms with Gasteiger partial charge in [-0.3, -0.25) is 4.79 Å². The highest BCUT2D eigenvalue weighted by Gasteiger charge is 2.14. The number of ether oxygens (including phenoxy) is 1. The molecule has 0 saturated heterocycles. The predicted molar refractivity (Wildman–Crippen MR) is 88.5 cm³/mol. The maximum absolute atomic E-state index is 12.0. The quantitative estimate of drug-likeness (QED) is 0.849. The molecular weight excluding hydrogens is 298 g/mol. The third kappa shape index (κ3) is 3.95. The van der Waals surface area contributed by atoms with E-state index < -0.39 is 5.97 Å². The Labute approximate surface area is 134 Å². The average Bonchev–Trinajstić information content (AvgIpc) is 3.01. The number of carbonyl (C=O) groups is 2. The van der Waals surface area contributed by atoms with Gasteiger partial charge in [0.25, 0.3) is 5.91 Å². The molecule has 1 heterocycles. The van der Waals surface area contributed by atoms with E-state index in [0.717, 1.165) is 16.8 Å². The van der Waals surface area contributed by atoms with Gasteiger partial charge in [0.2, 0.25) is 0 Å². The average molecular weight is 317 g/mol. The highest BCUT2D eigenvalue weighted by atomic mass is 32.1. The van der Waals surface area contributed by atoms with Crippen LogP contribution in [0.15, 0.2) is 35.7 Å². The molecule has 0 unspecified atom stereocenters. The fourth-order valence-corrected chi connectivity index (χ4v) is 2.73. The summed E-state index contributed by atoms with van der Waals surface area (Å²) in [5.41, 5.74) is 2.86. The SMILES string of the molecule is Cc1cccc(C(C)C)c1NC(=O)COC(=O)c1cccs1. The first-order valence-corrected chi connectivity index (χ1v) is 7.97. The van der Waals surface area contributed by atoms with Crippen LogP contribution in [0.1, 0.15) is 40.6 Å². The number of rotatable bonds is 5. The molecule has 0 atom stereocenters. The molecule has 116 valence electrons. The van der Waals surface area contributed by atoms with E-state index >= 15 is 0 Å². The van der Waals surface area contributed by atoms with Crippen LogP contribution in [0, 0.1) is 6.92 Å². The van der Waals surface area contributed by atoms with Crippen LogP contribution in [0.25, 0.3) is 0 Å². The molecule has 1 aromatic heterocycles. The van der Waals surface area contributed by atoms with E-state index in [1.165, 1.54) is 11.3 Å². The molecule has 2 aromatic rings. The van der Waals surface area contributed by atoms with Crippen molar-refractivity contribution in [2.24, 2.45) is 0 Å². The zero-order valence-corrected chi connectivity index (χ0v) is 13.7. The number of nitrogens with one attached hydrogen (secondary N) is 1. The van der Waals surface area contributed by atoms with Gasteiger partial charge < -0.3 is 10.1 Å². The smallest absolute Gasteiger partial charge is 0.348 e. The van der Waals surface area contributed by atoms with Crippen LogP contribution in [0.2, 0.25) is 0 Å². The van der Waals surface area contributed by atoms with E-state index in [4.69, 9.17) is 4.74 Å². The third-order valence-electron chi connectivity index (χ3n) is 3.25. The number of carbonyl (C=O) groups excluding carboxylic acids is 2. The molecule has 0 aliphatic carbocycles. The summed E-state index contributed by atoms with van der Waals surface area (Å²) in [4.78, 5) is 24.2. The summed E-state index contributed by atoms with van der Waals surface area (Å²) in [5.74, 6) is -0.510. The lowest BCUT2D eigenvalue weighted by Crippen LogP contribution is -2.22. The van der Waals surface area contributed by atoms with Crippen molar-refractivity contribution in [2.45, 2.75) is 26.7 Å². The standard InChI is InChI=1S/C17H19NO3S/c1-11(2)13-7-4-6-12(3)16(13)18-15(19)10-21-17(20)14-8-5-9-22-14/h4-9,11H,10H2,1-3H3,(H,18,19). The lowest BCUT2D eigenvalue weighted by Gasteiger charge is -2.16. The minimum absolute atomic E-state index is 0.289. The Hall–Kier alpha value is -2.14. The number of amides is 1. The van der Waals surface area contributed by atoms with Gasteiger partial charge in [-0.15, -0.1) is 11.3 Å². The first-order valence-electron chi connectivity index (χ1n) is 7.09. The van der Waals surface area contributed by atoms with Gasteiger partial charge in [-0.2, -0.15) is 0 Å². The molecule has 0 aliphatic rings. The Bertz CT molecular complexity index is 663. The molecule has 22 heavy (non-hydrogen) atoms. The second kappa shape index (κ2) is 7.22. The highest BCUT2D eigenvalue weighted by Crippen LogP contribution is 2.27. The molecule has 0 radical (unpaired) electrons. The molecule has 0 aliphatic heterocycles. The van der Waals surface area contributed by atoms with Gasteiger partial charge in [-0.05, 0) is 35.4 Å². The number of anilines is 1. The van der Waals surface area contributed by atoms with Crippen molar-refractivity contribution in [3.8, 4) is 0 Å². The first-order chi connectivity index (χ1) is 10.5. The molecular formula is C17H19NO3S. The van der Waals surface area contributed by atoms with Gasteiger partial charge in [0.15, 0.2) is 6.61 Å². The van der Waals surface area contributed by atoms with Gasteiger partial charge in [0.05, 0.1) is 0 Å². The summed E-state index contributed by atoms with van der Waals surface area (Å²) in [5, 5.41) is 4.64. The summed E-state index contributed by atoms with van der Waals surface area (Å²) in [7, 11) is 0. The number of benzene rings is 1. The maximum Gasteiger partial charge on any atom is 0.348 e. The third-order valence-corrected chi connectivity index (χ3v) is 4.10. The van der Waals surface area contributed by atoms with E-state index in [-0.39, 0.29) is 12.5 Å². The molecule has 1 N–H and O–H groups in total. The van der Waals surface area contributed by atoms with Crippen molar-refractivity contribution in [2.75, 3.05) is 11.9 Å². The van der Waals surface area contributed by atoms with Crippen LogP contribution < -0.4 is 5.32 Å². The Morgan fingerprint density at radius 1 is 1.23 bits per heavy atom. The van der Waals surface area contributed by atoms with Crippen LogP contribution in [0.4, 0.5) is 5.69 Å². The van der Waals surface area contributed by atoms with Crippen molar-refractivity contribution >= 4 is 28.9 Å². The first kappa shape index (κ1) is 16.2. The van der Waals surface area contributed by atoms with Crippen molar-refractivity contribution in [1.29, 1.82) is 0 Å². The van der Waals surface area contributed by atoms with E-state index in [0.29, 0.717) is 10.8 Å². The number of hydrogen-bond acceptors (Lipinski definition) is 4. The molecule has 0 spiro atoms. The fraction of sp³-hybridized carbons (Fsp3) is 0.294. The maximum atomic E-state index is 12.0. The Morgan fingerprint density at radius 2 is 2.00 bits per heavy atom. The minimum Gasteiger partial charge on any atom is -0.451 e. The Kier molecular flexibility index (Phi) is 5.33. The molecule has 0 fully saturated rings. The van der Waals surface area contributed by atoms with Crippen molar-refractivity contribution in [3.63, 3.8) is 0 Å². The van der Waals surface area contributed by atoms with Gasteiger partial charge in [-0.1, -0.05) is 38.1 Å². The number of para-hydroxylation sites is 1. The molecule has 0 saturated carbocycles. The zero-order chi connectivity index (χ0) is 16.1. The summed E-state index contributed by atoms with van der Waals surface area (Å²) >= 11 is 1.29. The highest BCUT2D eigenvalue weighted by molar-refractivity contribution is 7.11. The molecule has 4 nitrogen and oxygen atoms in total. The minimum atomic E-state index is -0.473. The van der Waals surface area contributed by atoms with E-state index in [9.17, 15) is 9.59 Å². The largest absolute Gasteiger partial charge is 0.451 e. The second-order valence-corrected chi connectivity index (χ2v) is 6.24. The monoisotopic (exact) mass is 317 g/mol. The summed E-state index contributed by atoms with van der Waals surface area (Å²) in [6.45, 7) is 5.80. The second-order valence-electron chi connectivity index (χ2n) is 5.30. The lowest BCUT2D eigenvalue weighted by atomic mass is 9.98. The number of aryl methyl sites for hydroxylation is 1. The van der Waals surface area contributed by atoms with E-state index in [1.807, 2.05) is 25.1 Å². The van der Waals surface area contributed by atoms with Gasteiger partial charge >= 0.3 is 5.97 Å². The normalized spacial score (nSPS) is 10.5. The van der Waals surface area contributed by atoms with Gasteiger partial charge in [-0.25, -0.2) is 4.79 Å². The van der Waals surface area contributed by atoms with Crippen LogP contribution in [-0.2, 0) is 9.53 Å². The van der Waals surface area contributed by atoms with E-state index in [1.54, 1.807) is 17.5 Å². The topological polar surface area (TPSA) is 55.4 Å². The van der Waals surface area contributed by atoms with Crippen molar-refractivity contribution in [3.05, 3.63) is 51.7 Å². The fourth-order valence-electron chi connectivity index (χ4n) is 2.11. The molecule has 1 aromatic carbocycles. The molecule has 0 bridgehead atoms. The van der Waals surface area contributed by atoms with E-state index in [2.05, 4.69) is 19.2 Å². The molecule has 2 rings (SSSR count). The lowest BCUT2D eigenvalue weighted by molar-refractivity contribution is -0.119. The summed E-state index contributed by atoms with van der Waals surface area (Å²) in [6.07, 6.45) is 0. The number of thiophene rings is 1. The van der Waals surface area contributed by atoms with Crippen LogP contribution >= 0.6 is 11.3 Å². The molecule has 1 amide bonds. The predicted octanol–water partition coefficient (Wildman–Crippen LogP) is 3.98. The summed E-state index contributed by atoms with van der Waals surface area (Å²) < 4.78 is 5.02. The van der Waals surface area contributed by atoms with Crippen LogP contribution in [-0.4, -0.2) is 18.5 Å². The summed E-state index contributed by atoms with van der Waals surface area (Å²) in [6, 6.07) is 9.34. The van der Waals surface area contributed by atoms with Gasteiger partial charge in [0, 0.05) is 5.69 Å². The van der Waals surface area contributed by atoms with Crippen molar-refractivity contribution in [1.82, 2.24) is 0 Å². The van der Waals surface area contributed by atoms with Crippen molar-refractivity contribution < 1.29 is 14.3 Å². The zero-order valence-electron chi connectivity index (χ0n) is 12.9. The Morgan fingerprint density at radius 3 is 2.64 bits per heavy atom. The Balaban J connectivity index is 1.99. The van der Waals surface area contributed by atoms with Crippen LogP contribution in [0.3, 0.4) is 0 Å². The van der Waals surface area contributed by atoms with Gasteiger partial charge in [0.1, 0.15) is 4.88 Å². The van der Waals surface area contributed by atoms with Crippen LogP contribution in [0.5, 0.6) is 0 Å². The number of esters is 1. The number of hydrogen-bond donors (Lipinski definition) is 1. The molecule has 5 heteroatoms.